The molecule has 4 nitrogen and oxygen atoms in total. The van der Waals surface area contributed by atoms with Crippen LogP contribution < -0.4 is 0 Å². The van der Waals surface area contributed by atoms with Gasteiger partial charge in [-0.05, 0) is 25.7 Å². The summed E-state index contributed by atoms with van der Waals surface area (Å²) in [5.74, 6) is -1.87. The monoisotopic (exact) mass is 630 g/mol. The van der Waals surface area contributed by atoms with Crippen LogP contribution >= 0.6 is 0 Å². The Morgan fingerprint density at radius 3 is 0.870 bits per heavy atom. The second-order valence-corrected chi connectivity index (χ2v) is 10.8. The summed E-state index contributed by atoms with van der Waals surface area (Å²) in [4.78, 5) is 20.4. The lowest BCUT2D eigenvalue weighted by molar-refractivity contribution is -0.132. The highest BCUT2D eigenvalue weighted by atomic mass is 16.4. The van der Waals surface area contributed by atoms with Crippen molar-refractivity contribution >= 4 is 11.9 Å². The van der Waals surface area contributed by atoms with Crippen LogP contribution in [0.1, 0.15) is 117 Å². The SMILES string of the molecule is CCCCCCCCCC=CC=CC=CC=CC=CC(=O)O.CCCCCCCCCC=CC=CC=CC=CC=CC=CC(=O)O. The maximum absolute atomic E-state index is 10.2. The molecule has 4 heteroatoms. The van der Waals surface area contributed by atoms with Crippen molar-refractivity contribution in [1.29, 1.82) is 0 Å². The molecular weight excluding hydrogens is 568 g/mol. The van der Waals surface area contributed by atoms with Crippen LogP contribution in [-0.4, -0.2) is 22.2 Å². The first-order valence-corrected chi connectivity index (χ1v) is 17.3. The van der Waals surface area contributed by atoms with Gasteiger partial charge in [0, 0.05) is 12.2 Å². The van der Waals surface area contributed by atoms with Gasteiger partial charge in [-0.15, -0.1) is 0 Å². The number of carbonyl (C=O) groups is 2. The molecule has 0 unspecified atom stereocenters. The van der Waals surface area contributed by atoms with Crippen LogP contribution in [0.4, 0.5) is 0 Å². The third-order valence-electron chi connectivity index (χ3n) is 6.48. The topological polar surface area (TPSA) is 74.6 Å². The minimum atomic E-state index is -0.936. The lowest BCUT2D eigenvalue weighted by Crippen LogP contribution is -1.84. The second-order valence-electron chi connectivity index (χ2n) is 10.8. The molecule has 0 aliphatic carbocycles. The third-order valence-corrected chi connectivity index (χ3v) is 6.48. The van der Waals surface area contributed by atoms with E-state index < -0.39 is 11.9 Å². The van der Waals surface area contributed by atoms with Gasteiger partial charge in [-0.25, -0.2) is 9.59 Å². The van der Waals surface area contributed by atoms with Crippen molar-refractivity contribution in [3.05, 3.63) is 134 Å². The molecule has 0 fully saturated rings. The predicted octanol–water partition coefficient (Wildman–Crippen LogP) is 12.5. The predicted molar refractivity (Wildman–Crippen MR) is 201 cm³/mol. The minimum absolute atomic E-state index is 0.931. The Labute approximate surface area is 281 Å². The zero-order chi connectivity index (χ0) is 34.0. The minimum Gasteiger partial charge on any atom is -0.478 e. The van der Waals surface area contributed by atoms with Gasteiger partial charge in [0.15, 0.2) is 0 Å². The van der Waals surface area contributed by atoms with Gasteiger partial charge in [-0.3, -0.25) is 0 Å². The Balaban J connectivity index is 0. The maximum atomic E-state index is 10.2. The van der Waals surface area contributed by atoms with Crippen LogP contribution in [0.3, 0.4) is 0 Å². The molecule has 0 spiro atoms. The van der Waals surface area contributed by atoms with Crippen molar-refractivity contribution in [1.82, 2.24) is 0 Å². The Kier molecular flexibility index (Phi) is 39.5. The van der Waals surface area contributed by atoms with Crippen molar-refractivity contribution in [2.75, 3.05) is 0 Å². The van der Waals surface area contributed by atoms with Gasteiger partial charge in [0.25, 0.3) is 0 Å². The van der Waals surface area contributed by atoms with E-state index in [9.17, 15) is 9.59 Å². The van der Waals surface area contributed by atoms with E-state index in [4.69, 9.17) is 10.2 Å². The van der Waals surface area contributed by atoms with Gasteiger partial charge in [0.2, 0.25) is 0 Å². The number of hydrogen-bond donors (Lipinski definition) is 2. The molecule has 0 aromatic carbocycles. The van der Waals surface area contributed by atoms with Gasteiger partial charge in [0.05, 0.1) is 0 Å². The Bertz CT molecular complexity index is 1030. The number of carboxylic acids is 2. The Morgan fingerprint density at radius 2 is 0.587 bits per heavy atom. The average molecular weight is 631 g/mol. The standard InChI is InChI=1S/C22H32O2.C20H30O2/c1-2-3-4-5-6-7-8-9-10-11-12-13-14-15-16-17-18-19-20-21-22(23)24;1-2-3-4-5-6-7-8-9-10-11-12-13-14-15-16-17-18-19-20(21)22/h10-21H,2-9H2,1H3,(H,23,24);10-19H,2-9H2,1H3,(H,21,22). The molecule has 0 saturated heterocycles. The fourth-order valence-corrected chi connectivity index (χ4v) is 3.96. The van der Waals surface area contributed by atoms with E-state index in [0.717, 1.165) is 25.0 Å². The lowest BCUT2D eigenvalue weighted by Gasteiger charge is -1.98. The van der Waals surface area contributed by atoms with E-state index in [1.807, 2.05) is 60.8 Å². The number of aliphatic carboxylic acids is 2. The van der Waals surface area contributed by atoms with Crippen LogP contribution in [0, 0.1) is 0 Å². The molecule has 0 saturated carbocycles. The molecule has 0 amide bonds. The molecule has 0 aliphatic rings. The Hall–Kier alpha value is -3.92. The quantitative estimate of drug-likeness (QED) is 0.0538. The average Bonchev–Trinajstić information content (AvgIpc) is 3.03. The van der Waals surface area contributed by atoms with E-state index in [1.165, 1.54) is 102 Å². The highest BCUT2D eigenvalue weighted by molar-refractivity contribution is 5.80. The number of allylic oxidation sites excluding steroid dienone is 20. The highest BCUT2D eigenvalue weighted by Crippen LogP contribution is 2.09. The number of unbranched alkanes of at least 4 members (excludes halogenated alkanes) is 14. The van der Waals surface area contributed by atoms with Crippen molar-refractivity contribution in [2.45, 2.75) is 117 Å². The van der Waals surface area contributed by atoms with Crippen molar-refractivity contribution < 1.29 is 19.8 Å². The lowest BCUT2D eigenvalue weighted by atomic mass is 10.1. The molecule has 0 aliphatic heterocycles. The van der Waals surface area contributed by atoms with Crippen LogP contribution in [0.2, 0.25) is 0 Å². The van der Waals surface area contributed by atoms with Crippen molar-refractivity contribution in [2.24, 2.45) is 0 Å². The summed E-state index contributed by atoms with van der Waals surface area (Å²) in [7, 11) is 0. The van der Waals surface area contributed by atoms with Crippen LogP contribution in [0.25, 0.3) is 0 Å². The molecule has 0 atom stereocenters. The van der Waals surface area contributed by atoms with Crippen molar-refractivity contribution in [3.8, 4) is 0 Å². The third kappa shape index (κ3) is 47.0. The van der Waals surface area contributed by atoms with E-state index in [0.29, 0.717) is 0 Å². The van der Waals surface area contributed by atoms with Gasteiger partial charge >= 0.3 is 11.9 Å². The summed E-state index contributed by atoms with van der Waals surface area (Å²) in [6, 6.07) is 0. The summed E-state index contributed by atoms with van der Waals surface area (Å²) >= 11 is 0. The van der Waals surface area contributed by atoms with E-state index in [-0.39, 0.29) is 0 Å². The van der Waals surface area contributed by atoms with Crippen molar-refractivity contribution in [3.63, 3.8) is 0 Å². The molecule has 0 bridgehead atoms. The van der Waals surface area contributed by atoms with Crippen LogP contribution in [0.5, 0.6) is 0 Å². The van der Waals surface area contributed by atoms with Gasteiger partial charge in [-0.1, -0.05) is 212 Å². The second kappa shape index (κ2) is 41.1. The first kappa shape index (κ1) is 44.2. The van der Waals surface area contributed by atoms with Gasteiger partial charge < -0.3 is 10.2 Å². The molecule has 0 aromatic rings. The molecule has 2 N–H and O–H groups in total. The molecule has 0 rings (SSSR count). The first-order chi connectivity index (χ1) is 22.5. The summed E-state index contributed by atoms with van der Waals surface area (Å²) in [5.41, 5.74) is 0. The Morgan fingerprint density at radius 1 is 0.348 bits per heavy atom. The van der Waals surface area contributed by atoms with Crippen LogP contribution in [0.15, 0.2) is 134 Å². The van der Waals surface area contributed by atoms with Crippen LogP contribution in [-0.2, 0) is 9.59 Å². The fourth-order valence-electron chi connectivity index (χ4n) is 3.96. The summed E-state index contributed by atoms with van der Waals surface area (Å²) in [6.45, 7) is 4.50. The van der Waals surface area contributed by atoms with Gasteiger partial charge in [-0.2, -0.15) is 0 Å². The fraction of sp³-hybridized carbons (Fsp3) is 0.429. The summed E-state index contributed by atoms with van der Waals surface area (Å²) in [5, 5.41) is 16.8. The van der Waals surface area contributed by atoms with E-state index in [2.05, 4.69) is 38.2 Å². The molecule has 0 aromatic heterocycles. The number of rotatable bonds is 27. The smallest absolute Gasteiger partial charge is 0.328 e. The van der Waals surface area contributed by atoms with Gasteiger partial charge in [0.1, 0.15) is 0 Å². The largest absolute Gasteiger partial charge is 0.478 e. The zero-order valence-electron chi connectivity index (χ0n) is 28.7. The summed E-state index contributed by atoms with van der Waals surface area (Å²) < 4.78 is 0. The van der Waals surface area contributed by atoms with E-state index in [1.54, 1.807) is 24.3 Å². The highest BCUT2D eigenvalue weighted by Gasteiger charge is 1.90. The molecule has 46 heavy (non-hydrogen) atoms. The maximum Gasteiger partial charge on any atom is 0.328 e. The zero-order valence-corrected chi connectivity index (χ0v) is 28.7. The molecular formula is C42H62O4. The number of hydrogen-bond acceptors (Lipinski definition) is 2. The number of carboxylic acid groups (broad SMARTS) is 2. The van der Waals surface area contributed by atoms with E-state index >= 15 is 0 Å². The normalized spacial score (nSPS) is 12.9. The molecule has 0 heterocycles. The first-order valence-electron chi connectivity index (χ1n) is 17.3. The molecule has 254 valence electrons. The molecule has 0 radical (unpaired) electrons. The summed E-state index contributed by atoms with van der Waals surface area (Å²) in [6.07, 6.45) is 61.5.